The lowest BCUT2D eigenvalue weighted by Gasteiger charge is -2.50. The van der Waals surface area contributed by atoms with E-state index in [-0.39, 0.29) is 41.4 Å². The number of fused-ring (bicyclic) bond motifs is 1. The van der Waals surface area contributed by atoms with Crippen LogP contribution >= 0.6 is 11.3 Å². The third kappa shape index (κ3) is 3.80. The molecule has 1 aliphatic carbocycles. The monoisotopic (exact) mass is 465 g/mol. The van der Waals surface area contributed by atoms with Crippen molar-refractivity contribution < 1.29 is 9.59 Å². The highest BCUT2D eigenvalue weighted by Gasteiger charge is 2.63. The largest absolute Gasteiger partial charge is 0.334 e. The SMILES string of the molecule is CC(=O)N1[C@@H](Cc2ccccc2)[C@@H]2C[C@@]3(C)[C@H](CCCC[C@@H]13)N2C(=O)Cc1sc(C)nc1C. The molecule has 2 amide bonds. The predicted molar refractivity (Wildman–Crippen MR) is 131 cm³/mol. The number of carbonyl (C=O) groups excluding carboxylic acids is 2. The fourth-order valence-corrected chi connectivity index (χ4v) is 8.06. The van der Waals surface area contributed by atoms with Gasteiger partial charge in [-0.1, -0.05) is 50.1 Å². The Bertz CT molecular complexity index is 1050. The van der Waals surface area contributed by atoms with Crippen molar-refractivity contribution in [3.05, 3.63) is 51.5 Å². The first-order valence-electron chi connectivity index (χ1n) is 12.4. The van der Waals surface area contributed by atoms with Crippen LogP contribution in [0.4, 0.5) is 0 Å². The Hall–Kier alpha value is -2.21. The first-order chi connectivity index (χ1) is 15.8. The predicted octanol–water partition coefficient (Wildman–Crippen LogP) is 4.69. The third-order valence-corrected chi connectivity index (χ3v) is 9.53. The lowest BCUT2D eigenvalue weighted by atomic mass is 9.69. The zero-order valence-electron chi connectivity index (χ0n) is 20.2. The van der Waals surface area contributed by atoms with Gasteiger partial charge >= 0.3 is 0 Å². The van der Waals surface area contributed by atoms with Crippen LogP contribution in [0.5, 0.6) is 0 Å². The molecular formula is C27H35N3O2S. The molecule has 0 radical (unpaired) electrons. The van der Waals surface area contributed by atoms with Crippen LogP contribution in [-0.4, -0.2) is 50.8 Å². The van der Waals surface area contributed by atoms with Crippen molar-refractivity contribution in [2.24, 2.45) is 5.41 Å². The van der Waals surface area contributed by atoms with Crippen LogP contribution in [0.15, 0.2) is 30.3 Å². The van der Waals surface area contributed by atoms with Crippen molar-refractivity contribution in [2.75, 3.05) is 0 Å². The number of rotatable bonds is 4. The van der Waals surface area contributed by atoms with E-state index in [1.54, 1.807) is 18.3 Å². The number of likely N-dealkylation sites (tertiary alicyclic amines) is 2. The average molecular weight is 466 g/mol. The highest BCUT2D eigenvalue weighted by atomic mass is 32.1. The van der Waals surface area contributed by atoms with Crippen LogP contribution in [0, 0.1) is 19.3 Å². The second-order valence-electron chi connectivity index (χ2n) is 10.5. The van der Waals surface area contributed by atoms with Crippen molar-refractivity contribution in [2.45, 2.75) is 96.8 Å². The summed E-state index contributed by atoms with van der Waals surface area (Å²) in [4.78, 5) is 37.1. The minimum absolute atomic E-state index is 0.0271. The van der Waals surface area contributed by atoms with Crippen molar-refractivity contribution in [1.29, 1.82) is 0 Å². The van der Waals surface area contributed by atoms with Crippen molar-refractivity contribution >= 4 is 23.2 Å². The summed E-state index contributed by atoms with van der Waals surface area (Å²) in [5, 5.41) is 1.02. The molecule has 2 aliphatic heterocycles. The molecule has 0 spiro atoms. The lowest BCUT2D eigenvalue weighted by Crippen LogP contribution is -2.61. The number of aryl methyl sites for hydroxylation is 2. The van der Waals surface area contributed by atoms with E-state index < -0.39 is 0 Å². The first kappa shape index (κ1) is 22.6. The molecule has 3 aliphatic rings. The van der Waals surface area contributed by atoms with E-state index >= 15 is 0 Å². The fourth-order valence-electron chi connectivity index (χ4n) is 7.13. The maximum Gasteiger partial charge on any atom is 0.228 e. The van der Waals surface area contributed by atoms with Crippen LogP contribution in [0.1, 0.15) is 67.1 Å². The number of hydrogen-bond donors (Lipinski definition) is 0. The van der Waals surface area contributed by atoms with Gasteiger partial charge in [0, 0.05) is 29.3 Å². The minimum atomic E-state index is -0.0334. The number of amides is 2. The Balaban J connectivity index is 1.55. The average Bonchev–Trinajstić information content (AvgIpc) is 3.16. The van der Waals surface area contributed by atoms with E-state index in [0.29, 0.717) is 6.42 Å². The summed E-state index contributed by atoms with van der Waals surface area (Å²) in [6.07, 6.45) is 6.55. The van der Waals surface area contributed by atoms with Gasteiger partial charge in [-0.2, -0.15) is 0 Å². The maximum absolute atomic E-state index is 13.9. The second-order valence-corrected chi connectivity index (χ2v) is 11.8. The van der Waals surface area contributed by atoms with E-state index in [2.05, 4.69) is 46.0 Å². The molecule has 3 heterocycles. The van der Waals surface area contributed by atoms with E-state index in [4.69, 9.17) is 0 Å². The van der Waals surface area contributed by atoms with Gasteiger partial charge in [0.2, 0.25) is 11.8 Å². The first-order valence-corrected chi connectivity index (χ1v) is 13.2. The minimum Gasteiger partial charge on any atom is -0.334 e. The van der Waals surface area contributed by atoms with Crippen molar-refractivity contribution in [3.63, 3.8) is 0 Å². The van der Waals surface area contributed by atoms with Crippen LogP contribution < -0.4 is 0 Å². The number of piperidine rings is 1. The summed E-state index contributed by atoms with van der Waals surface area (Å²) in [6, 6.07) is 11.0. The zero-order chi connectivity index (χ0) is 23.3. The molecule has 1 aromatic carbocycles. The lowest BCUT2D eigenvalue weighted by molar-refractivity contribution is -0.143. The van der Waals surface area contributed by atoms with Crippen LogP contribution in [0.25, 0.3) is 0 Å². The Labute approximate surface area is 201 Å². The Morgan fingerprint density at radius 3 is 2.36 bits per heavy atom. The third-order valence-electron chi connectivity index (χ3n) is 8.46. The molecule has 5 rings (SSSR count). The topological polar surface area (TPSA) is 53.5 Å². The Morgan fingerprint density at radius 2 is 1.76 bits per heavy atom. The summed E-state index contributed by atoms with van der Waals surface area (Å²) in [6.45, 7) is 8.09. The number of benzene rings is 1. The van der Waals surface area contributed by atoms with Gasteiger partial charge in [0.25, 0.3) is 0 Å². The fraction of sp³-hybridized carbons (Fsp3) is 0.593. The van der Waals surface area contributed by atoms with E-state index in [1.807, 2.05) is 19.9 Å². The highest BCUT2D eigenvalue weighted by Crippen LogP contribution is 2.55. The summed E-state index contributed by atoms with van der Waals surface area (Å²) < 4.78 is 0. The van der Waals surface area contributed by atoms with Gasteiger partial charge < -0.3 is 9.80 Å². The molecule has 6 heteroatoms. The highest BCUT2D eigenvalue weighted by molar-refractivity contribution is 7.11. The number of aromatic nitrogens is 1. The smallest absolute Gasteiger partial charge is 0.228 e. The Morgan fingerprint density at radius 1 is 1.09 bits per heavy atom. The van der Waals surface area contributed by atoms with Crippen molar-refractivity contribution in [1.82, 2.24) is 14.8 Å². The number of thiazole rings is 1. The molecule has 2 aromatic rings. The second kappa shape index (κ2) is 8.53. The summed E-state index contributed by atoms with van der Waals surface area (Å²) in [5.41, 5.74) is 2.18. The normalized spacial score (nSPS) is 30.9. The number of hydrogen-bond acceptors (Lipinski definition) is 4. The van der Waals surface area contributed by atoms with Gasteiger partial charge in [-0.05, 0) is 45.1 Å². The molecule has 2 saturated heterocycles. The maximum atomic E-state index is 13.9. The molecule has 2 bridgehead atoms. The Kier molecular flexibility index (Phi) is 5.84. The molecule has 5 nitrogen and oxygen atoms in total. The number of carbonyl (C=O) groups is 2. The van der Waals surface area contributed by atoms with E-state index in [9.17, 15) is 9.59 Å². The molecule has 3 fully saturated rings. The molecule has 0 N–H and O–H groups in total. The molecule has 0 unspecified atom stereocenters. The molecule has 1 aromatic heterocycles. The van der Waals surface area contributed by atoms with Gasteiger partial charge in [-0.15, -0.1) is 11.3 Å². The van der Waals surface area contributed by atoms with Gasteiger partial charge in [0.1, 0.15) is 0 Å². The van der Waals surface area contributed by atoms with Crippen molar-refractivity contribution in [3.8, 4) is 0 Å². The standard InChI is InChI=1S/C27H35N3O2S/c1-17-23(33-18(2)28-17)15-26(32)30-22-16-27(4)24(12-8-9-13-25(27)30)29(19(3)31)21(22)14-20-10-6-5-7-11-20/h5-7,10-11,21-22,24-25H,8-9,12-16H2,1-4H3/t21-,22-,24+,25-,27+/m0/s1. The van der Waals surface area contributed by atoms with Gasteiger partial charge in [0.05, 0.1) is 29.2 Å². The molecule has 33 heavy (non-hydrogen) atoms. The van der Waals surface area contributed by atoms with E-state index in [1.165, 1.54) is 5.56 Å². The van der Waals surface area contributed by atoms with Crippen LogP contribution in [0.2, 0.25) is 0 Å². The summed E-state index contributed by atoms with van der Waals surface area (Å²) in [5.74, 6) is 0.366. The quantitative estimate of drug-likeness (QED) is 0.658. The van der Waals surface area contributed by atoms with Gasteiger partial charge in [0.15, 0.2) is 0 Å². The summed E-state index contributed by atoms with van der Waals surface area (Å²) in [7, 11) is 0. The van der Waals surface area contributed by atoms with Crippen LogP contribution in [-0.2, 0) is 22.4 Å². The zero-order valence-corrected chi connectivity index (χ0v) is 21.0. The number of nitrogens with zero attached hydrogens (tertiary/aromatic N) is 3. The van der Waals surface area contributed by atoms with Gasteiger partial charge in [-0.3, -0.25) is 9.59 Å². The summed E-state index contributed by atoms with van der Waals surface area (Å²) >= 11 is 1.64. The molecule has 1 saturated carbocycles. The van der Waals surface area contributed by atoms with Gasteiger partial charge in [-0.25, -0.2) is 4.98 Å². The van der Waals surface area contributed by atoms with E-state index in [0.717, 1.165) is 54.1 Å². The molecular weight excluding hydrogens is 430 g/mol. The van der Waals surface area contributed by atoms with Crippen LogP contribution in [0.3, 0.4) is 0 Å². The molecule has 176 valence electrons. The molecule has 5 atom stereocenters.